The van der Waals surface area contributed by atoms with Gasteiger partial charge in [0, 0.05) is 5.41 Å². The zero-order valence-electron chi connectivity index (χ0n) is 9.93. The molecule has 0 bridgehead atoms. The molecule has 1 aliphatic carbocycles. The summed E-state index contributed by atoms with van der Waals surface area (Å²) < 4.78 is 5.11. The zero-order chi connectivity index (χ0) is 12.6. The number of aliphatic carboxylic acids is 1. The maximum Gasteiger partial charge on any atom is 0.333 e. The van der Waals surface area contributed by atoms with Crippen LogP contribution in [0, 0.1) is 6.92 Å². The van der Waals surface area contributed by atoms with E-state index in [2.05, 4.69) is 0 Å². The van der Waals surface area contributed by atoms with Gasteiger partial charge in [-0.15, -0.1) is 0 Å². The van der Waals surface area contributed by atoms with Gasteiger partial charge < -0.3 is 14.9 Å². The van der Waals surface area contributed by atoms with Crippen molar-refractivity contribution in [1.82, 2.24) is 0 Å². The molecule has 1 aromatic carbocycles. The first-order valence-corrected chi connectivity index (χ1v) is 5.57. The fourth-order valence-electron chi connectivity index (χ4n) is 2.38. The van der Waals surface area contributed by atoms with Gasteiger partial charge in [0.25, 0.3) is 0 Å². The van der Waals surface area contributed by atoms with E-state index in [1.807, 2.05) is 19.1 Å². The SMILES string of the molecule is COc1ccc(C2(C(O)C(=O)O)CC2)c(C)c1. The molecule has 0 radical (unpaired) electrons. The van der Waals surface area contributed by atoms with Gasteiger partial charge in [0.2, 0.25) is 0 Å². The summed E-state index contributed by atoms with van der Waals surface area (Å²) in [6.45, 7) is 1.91. The van der Waals surface area contributed by atoms with Crippen molar-refractivity contribution in [3.8, 4) is 5.75 Å². The van der Waals surface area contributed by atoms with E-state index in [1.54, 1.807) is 13.2 Å². The van der Waals surface area contributed by atoms with Crippen LogP contribution in [0.15, 0.2) is 18.2 Å². The molecule has 1 unspecified atom stereocenters. The topological polar surface area (TPSA) is 66.8 Å². The number of methoxy groups -OCH3 is 1. The number of aliphatic hydroxyl groups excluding tert-OH is 1. The largest absolute Gasteiger partial charge is 0.497 e. The molecule has 4 nitrogen and oxygen atoms in total. The monoisotopic (exact) mass is 236 g/mol. The normalized spacial score (nSPS) is 18.5. The first kappa shape index (κ1) is 11.9. The lowest BCUT2D eigenvalue weighted by atomic mass is 9.87. The minimum atomic E-state index is -1.32. The fraction of sp³-hybridized carbons (Fsp3) is 0.462. The van der Waals surface area contributed by atoms with E-state index in [0.29, 0.717) is 12.8 Å². The van der Waals surface area contributed by atoms with Gasteiger partial charge in [0.05, 0.1) is 7.11 Å². The van der Waals surface area contributed by atoms with E-state index in [9.17, 15) is 9.90 Å². The van der Waals surface area contributed by atoms with Crippen LogP contribution < -0.4 is 4.74 Å². The second kappa shape index (κ2) is 4.04. The number of carbonyl (C=O) groups is 1. The first-order valence-electron chi connectivity index (χ1n) is 5.57. The maximum absolute atomic E-state index is 10.9. The van der Waals surface area contributed by atoms with Gasteiger partial charge in [0.1, 0.15) is 5.75 Å². The van der Waals surface area contributed by atoms with Crippen LogP contribution in [-0.2, 0) is 10.2 Å². The zero-order valence-corrected chi connectivity index (χ0v) is 9.93. The van der Waals surface area contributed by atoms with Crippen molar-refractivity contribution in [3.05, 3.63) is 29.3 Å². The van der Waals surface area contributed by atoms with Gasteiger partial charge in [-0.25, -0.2) is 4.79 Å². The summed E-state index contributed by atoms with van der Waals surface area (Å²) in [5, 5.41) is 18.7. The number of aliphatic hydroxyl groups is 1. The Morgan fingerprint density at radius 3 is 2.53 bits per heavy atom. The van der Waals surface area contributed by atoms with Gasteiger partial charge in [-0.05, 0) is 43.0 Å². The number of rotatable bonds is 4. The number of hydrogen-bond donors (Lipinski definition) is 2. The van der Waals surface area contributed by atoms with E-state index >= 15 is 0 Å². The standard InChI is InChI=1S/C13H16O4/c1-8-7-9(17-2)3-4-10(8)13(5-6-13)11(14)12(15)16/h3-4,7,11,14H,5-6H2,1-2H3,(H,15,16). The quantitative estimate of drug-likeness (QED) is 0.831. The van der Waals surface area contributed by atoms with Crippen LogP contribution in [0.25, 0.3) is 0 Å². The summed E-state index contributed by atoms with van der Waals surface area (Å²) in [6.07, 6.45) is 0.107. The van der Waals surface area contributed by atoms with E-state index in [1.165, 1.54) is 0 Å². The molecule has 2 rings (SSSR count). The summed E-state index contributed by atoms with van der Waals surface area (Å²) in [4.78, 5) is 10.9. The molecule has 0 spiro atoms. The van der Waals surface area contributed by atoms with E-state index < -0.39 is 17.5 Å². The van der Waals surface area contributed by atoms with Crippen LogP contribution in [0.5, 0.6) is 5.75 Å². The molecule has 1 aliphatic rings. The van der Waals surface area contributed by atoms with Crippen molar-refractivity contribution >= 4 is 5.97 Å². The molecule has 1 atom stereocenters. The summed E-state index contributed by atoms with van der Waals surface area (Å²) in [7, 11) is 1.59. The van der Waals surface area contributed by atoms with Gasteiger partial charge in [0.15, 0.2) is 6.10 Å². The maximum atomic E-state index is 10.9. The molecule has 0 saturated heterocycles. The van der Waals surface area contributed by atoms with E-state index in [-0.39, 0.29) is 0 Å². The molecule has 0 heterocycles. The molecular weight excluding hydrogens is 220 g/mol. The second-order valence-corrected chi connectivity index (χ2v) is 4.58. The third-order valence-electron chi connectivity index (χ3n) is 3.52. The summed E-state index contributed by atoms with van der Waals surface area (Å²) >= 11 is 0. The van der Waals surface area contributed by atoms with Crippen molar-refractivity contribution in [2.24, 2.45) is 0 Å². The smallest absolute Gasteiger partial charge is 0.333 e. The lowest BCUT2D eigenvalue weighted by Gasteiger charge is -2.21. The van der Waals surface area contributed by atoms with Crippen molar-refractivity contribution in [2.75, 3.05) is 7.11 Å². The molecule has 0 aromatic heterocycles. The molecule has 4 heteroatoms. The predicted molar refractivity (Wildman–Crippen MR) is 62.3 cm³/mol. The number of ether oxygens (including phenoxy) is 1. The predicted octanol–water partition coefficient (Wildman–Crippen LogP) is 1.48. The average Bonchev–Trinajstić information content (AvgIpc) is 3.09. The molecule has 0 aliphatic heterocycles. The Kier molecular flexibility index (Phi) is 2.83. The minimum absolute atomic E-state index is 0.595. The first-order chi connectivity index (χ1) is 8.01. The minimum Gasteiger partial charge on any atom is -0.497 e. The van der Waals surface area contributed by atoms with Crippen LogP contribution in [0.2, 0.25) is 0 Å². The molecule has 1 fully saturated rings. The molecular formula is C13H16O4. The highest BCUT2D eigenvalue weighted by molar-refractivity contribution is 5.76. The number of benzene rings is 1. The Hall–Kier alpha value is -1.55. The van der Waals surface area contributed by atoms with Crippen LogP contribution in [-0.4, -0.2) is 29.4 Å². The van der Waals surface area contributed by atoms with Crippen molar-refractivity contribution < 1.29 is 19.7 Å². The van der Waals surface area contributed by atoms with E-state index in [0.717, 1.165) is 16.9 Å². The van der Waals surface area contributed by atoms with Crippen LogP contribution in [0.3, 0.4) is 0 Å². The van der Waals surface area contributed by atoms with Gasteiger partial charge in [-0.2, -0.15) is 0 Å². The van der Waals surface area contributed by atoms with Gasteiger partial charge >= 0.3 is 5.97 Å². The highest BCUT2D eigenvalue weighted by Gasteiger charge is 2.54. The van der Waals surface area contributed by atoms with Crippen molar-refractivity contribution in [2.45, 2.75) is 31.3 Å². The highest BCUT2D eigenvalue weighted by atomic mass is 16.5. The lowest BCUT2D eigenvalue weighted by Crippen LogP contribution is -2.34. The Bertz CT molecular complexity index is 449. The number of carboxylic acids is 1. The lowest BCUT2D eigenvalue weighted by molar-refractivity contribution is -0.148. The molecule has 17 heavy (non-hydrogen) atoms. The molecule has 1 saturated carbocycles. The second-order valence-electron chi connectivity index (χ2n) is 4.58. The molecule has 92 valence electrons. The Balaban J connectivity index is 2.37. The highest BCUT2D eigenvalue weighted by Crippen LogP contribution is 2.52. The molecule has 1 aromatic rings. The average molecular weight is 236 g/mol. The number of aryl methyl sites for hydroxylation is 1. The summed E-state index contributed by atoms with van der Waals surface area (Å²) in [5.74, 6) is -0.412. The van der Waals surface area contributed by atoms with Gasteiger partial charge in [-0.1, -0.05) is 6.07 Å². The number of hydrogen-bond acceptors (Lipinski definition) is 3. The molecule has 0 amide bonds. The Morgan fingerprint density at radius 2 is 2.12 bits per heavy atom. The third kappa shape index (κ3) is 1.89. The van der Waals surface area contributed by atoms with Gasteiger partial charge in [-0.3, -0.25) is 0 Å². The third-order valence-corrected chi connectivity index (χ3v) is 3.52. The summed E-state index contributed by atoms with van der Waals surface area (Å²) in [6, 6.07) is 5.52. The Morgan fingerprint density at radius 1 is 1.47 bits per heavy atom. The van der Waals surface area contributed by atoms with Crippen molar-refractivity contribution in [1.29, 1.82) is 0 Å². The molecule has 2 N–H and O–H groups in total. The Labute approximate surface area is 99.8 Å². The van der Waals surface area contributed by atoms with Crippen LogP contribution in [0.1, 0.15) is 24.0 Å². The van der Waals surface area contributed by atoms with E-state index in [4.69, 9.17) is 9.84 Å². The van der Waals surface area contributed by atoms with Crippen molar-refractivity contribution in [3.63, 3.8) is 0 Å². The fourth-order valence-corrected chi connectivity index (χ4v) is 2.38. The summed E-state index contributed by atoms with van der Waals surface area (Å²) in [5.41, 5.74) is 1.28. The number of carboxylic acid groups (broad SMARTS) is 1. The van der Waals surface area contributed by atoms with Crippen LogP contribution in [0.4, 0.5) is 0 Å². The van der Waals surface area contributed by atoms with Crippen LogP contribution >= 0.6 is 0 Å².